The van der Waals surface area contributed by atoms with Crippen LogP contribution in [0.5, 0.6) is 5.75 Å². The quantitative estimate of drug-likeness (QED) is 0.737. The SMILES string of the molecule is COc1cc(C2(C#N)CC2C)ccc1C. The van der Waals surface area contributed by atoms with Gasteiger partial charge in [-0.15, -0.1) is 0 Å². The molecule has 15 heavy (non-hydrogen) atoms. The minimum Gasteiger partial charge on any atom is -0.496 e. The Hall–Kier alpha value is -1.49. The number of methoxy groups -OCH3 is 1. The van der Waals surface area contributed by atoms with Gasteiger partial charge in [0.15, 0.2) is 0 Å². The van der Waals surface area contributed by atoms with Gasteiger partial charge in [-0.05, 0) is 36.5 Å². The van der Waals surface area contributed by atoms with E-state index in [0.717, 1.165) is 23.3 Å². The van der Waals surface area contributed by atoms with E-state index in [1.54, 1.807) is 7.11 Å². The lowest BCUT2D eigenvalue weighted by atomic mass is 9.94. The van der Waals surface area contributed by atoms with Crippen molar-refractivity contribution >= 4 is 0 Å². The molecule has 78 valence electrons. The van der Waals surface area contributed by atoms with Crippen molar-refractivity contribution in [3.8, 4) is 11.8 Å². The molecule has 2 nitrogen and oxygen atoms in total. The van der Waals surface area contributed by atoms with Crippen LogP contribution < -0.4 is 4.74 Å². The van der Waals surface area contributed by atoms with Gasteiger partial charge in [0.05, 0.1) is 18.6 Å². The maximum absolute atomic E-state index is 9.22. The molecule has 1 aliphatic rings. The van der Waals surface area contributed by atoms with E-state index in [0.29, 0.717) is 5.92 Å². The minimum atomic E-state index is -0.249. The molecule has 0 aliphatic heterocycles. The van der Waals surface area contributed by atoms with E-state index in [1.165, 1.54) is 0 Å². The first-order valence-corrected chi connectivity index (χ1v) is 5.20. The summed E-state index contributed by atoms with van der Waals surface area (Å²) in [5.41, 5.74) is 1.96. The molecule has 0 bridgehead atoms. The molecular weight excluding hydrogens is 186 g/mol. The molecule has 1 aromatic carbocycles. The highest BCUT2D eigenvalue weighted by Crippen LogP contribution is 2.54. The first-order chi connectivity index (χ1) is 7.14. The molecule has 0 spiro atoms. The smallest absolute Gasteiger partial charge is 0.122 e. The zero-order chi connectivity index (χ0) is 11.1. The molecule has 0 radical (unpaired) electrons. The van der Waals surface area contributed by atoms with E-state index in [1.807, 2.05) is 25.1 Å². The Kier molecular flexibility index (Phi) is 2.19. The molecular formula is C13H15NO. The van der Waals surface area contributed by atoms with E-state index >= 15 is 0 Å². The fourth-order valence-electron chi connectivity index (χ4n) is 2.14. The molecule has 1 aliphatic carbocycles. The van der Waals surface area contributed by atoms with Gasteiger partial charge in [-0.1, -0.05) is 19.1 Å². The van der Waals surface area contributed by atoms with Crippen molar-refractivity contribution in [2.45, 2.75) is 25.7 Å². The Labute approximate surface area is 90.5 Å². The molecule has 1 fully saturated rings. The first-order valence-electron chi connectivity index (χ1n) is 5.20. The van der Waals surface area contributed by atoms with Gasteiger partial charge < -0.3 is 4.74 Å². The molecule has 0 heterocycles. The van der Waals surface area contributed by atoms with Crippen LogP contribution >= 0.6 is 0 Å². The highest BCUT2D eigenvalue weighted by Gasteiger charge is 2.53. The van der Waals surface area contributed by atoms with Gasteiger partial charge in [0.1, 0.15) is 5.75 Å². The summed E-state index contributed by atoms with van der Waals surface area (Å²) in [6.07, 6.45) is 0.968. The third-order valence-electron chi connectivity index (χ3n) is 3.43. The number of hydrogen-bond acceptors (Lipinski definition) is 2. The van der Waals surface area contributed by atoms with Crippen LogP contribution in [0.15, 0.2) is 18.2 Å². The van der Waals surface area contributed by atoms with Crippen molar-refractivity contribution in [2.75, 3.05) is 7.11 Å². The molecule has 2 rings (SSSR count). The fraction of sp³-hybridized carbons (Fsp3) is 0.462. The van der Waals surface area contributed by atoms with Gasteiger partial charge in [0.2, 0.25) is 0 Å². The standard InChI is InChI=1S/C13H15NO/c1-9-4-5-11(6-12(9)15-3)13(8-14)7-10(13)2/h4-6,10H,7H2,1-3H3. The average Bonchev–Trinajstić information content (AvgIpc) is 2.91. The van der Waals surface area contributed by atoms with E-state index in [2.05, 4.69) is 13.0 Å². The predicted molar refractivity (Wildman–Crippen MR) is 58.8 cm³/mol. The lowest BCUT2D eigenvalue weighted by Gasteiger charge is -2.11. The van der Waals surface area contributed by atoms with Crippen LogP contribution in [0.4, 0.5) is 0 Å². The fourth-order valence-corrected chi connectivity index (χ4v) is 2.14. The van der Waals surface area contributed by atoms with Crippen molar-refractivity contribution in [3.05, 3.63) is 29.3 Å². The normalized spacial score (nSPS) is 28.3. The van der Waals surface area contributed by atoms with Crippen molar-refractivity contribution in [1.29, 1.82) is 5.26 Å². The van der Waals surface area contributed by atoms with Gasteiger partial charge in [-0.25, -0.2) is 0 Å². The number of nitrogens with zero attached hydrogens (tertiary/aromatic N) is 1. The summed E-state index contributed by atoms with van der Waals surface area (Å²) in [5.74, 6) is 1.34. The lowest BCUT2D eigenvalue weighted by molar-refractivity contribution is 0.411. The lowest BCUT2D eigenvalue weighted by Crippen LogP contribution is -2.06. The Bertz CT molecular complexity index is 433. The molecule has 0 saturated heterocycles. The van der Waals surface area contributed by atoms with Gasteiger partial charge in [0, 0.05) is 0 Å². The second-order valence-electron chi connectivity index (χ2n) is 4.37. The maximum atomic E-state index is 9.22. The highest BCUT2D eigenvalue weighted by molar-refractivity contribution is 5.47. The van der Waals surface area contributed by atoms with E-state index in [-0.39, 0.29) is 5.41 Å². The molecule has 1 saturated carbocycles. The number of ether oxygens (including phenoxy) is 1. The molecule has 0 aromatic heterocycles. The Morgan fingerprint density at radius 1 is 1.53 bits per heavy atom. The summed E-state index contributed by atoms with van der Waals surface area (Å²) in [4.78, 5) is 0. The topological polar surface area (TPSA) is 33.0 Å². The third kappa shape index (κ3) is 1.39. The summed E-state index contributed by atoms with van der Waals surface area (Å²) in [6, 6.07) is 8.51. The molecule has 2 atom stereocenters. The highest BCUT2D eigenvalue weighted by atomic mass is 16.5. The van der Waals surface area contributed by atoms with Crippen LogP contribution in [0.25, 0.3) is 0 Å². The number of benzene rings is 1. The van der Waals surface area contributed by atoms with E-state index in [9.17, 15) is 5.26 Å². The van der Waals surface area contributed by atoms with Gasteiger partial charge in [-0.3, -0.25) is 0 Å². The average molecular weight is 201 g/mol. The van der Waals surface area contributed by atoms with Crippen molar-refractivity contribution in [1.82, 2.24) is 0 Å². The van der Waals surface area contributed by atoms with Crippen LogP contribution in [-0.2, 0) is 5.41 Å². The Morgan fingerprint density at radius 3 is 2.67 bits per heavy atom. The van der Waals surface area contributed by atoms with Crippen LogP contribution in [-0.4, -0.2) is 7.11 Å². The Balaban J connectivity index is 2.43. The van der Waals surface area contributed by atoms with E-state index < -0.39 is 0 Å². The summed E-state index contributed by atoms with van der Waals surface area (Å²) < 4.78 is 5.28. The van der Waals surface area contributed by atoms with Gasteiger partial charge >= 0.3 is 0 Å². The van der Waals surface area contributed by atoms with Crippen molar-refractivity contribution in [2.24, 2.45) is 5.92 Å². The number of aryl methyl sites for hydroxylation is 1. The molecule has 0 amide bonds. The maximum Gasteiger partial charge on any atom is 0.122 e. The van der Waals surface area contributed by atoms with Gasteiger partial charge in [-0.2, -0.15) is 5.26 Å². The number of rotatable bonds is 2. The largest absolute Gasteiger partial charge is 0.496 e. The molecule has 0 N–H and O–H groups in total. The van der Waals surface area contributed by atoms with E-state index in [4.69, 9.17) is 4.74 Å². The van der Waals surface area contributed by atoms with Crippen LogP contribution in [0, 0.1) is 24.2 Å². The van der Waals surface area contributed by atoms with Gasteiger partial charge in [0.25, 0.3) is 0 Å². The summed E-state index contributed by atoms with van der Waals surface area (Å²) in [6.45, 7) is 4.13. The molecule has 1 aromatic rings. The third-order valence-corrected chi connectivity index (χ3v) is 3.43. The first kappa shape index (κ1) is 10.0. The second-order valence-corrected chi connectivity index (χ2v) is 4.37. The zero-order valence-corrected chi connectivity index (χ0v) is 9.37. The number of nitriles is 1. The minimum absolute atomic E-state index is 0.249. The monoisotopic (exact) mass is 201 g/mol. The Morgan fingerprint density at radius 2 is 2.20 bits per heavy atom. The van der Waals surface area contributed by atoms with Crippen LogP contribution in [0.2, 0.25) is 0 Å². The second kappa shape index (κ2) is 3.27. The zero-order valence-electron chi connectivity index (χ0n) is 9.37. The molecule has 2 heteroatoms. The summed E-state index contributed by atoms with van der Waals surface area (Å²) in [7, 11) is 1.67. The summed E-state index contributed by atoms with van der Waals surface area (Å²) in [5, 5.41) is 9.22. The summed E-state index contributed by atoms with van der Waals surface area (Å²) >= 11 is 0. The number of hydrogen-bond donors (Lipinski definition) is 0. The molecule has 2 unspecified atom stereocenters. The predicted octanol–water partition coefficient (Wildman–Crippen LogP) is 2.80. The van der Waals surface area contributed by atoms with Crippen LogP contribution in [0.1, 0.15) is 24.5 Å². The van der Waals surface area contributed by atoms with Crippen molar-refractivity contribution in [3.63, 3.8) is 0 Å². The van der Waals surface area contributed by atoms with Crippen molar-refractivity contribution < 1.29 is 4.74 Å². The van der Waals surface area contributed by atoms with Crippen LogP contribution in [0.3, 0.4) is 0 Å².